The van der Waals surface area contributed by atoms with Crippen molar-refractivity contribution in [3.05, 3.63) is 69.7 Å². The SMILES string of the molecule is CCOc1cccc(/C(O)=C2\C(=O)C(=O)N(CCCN(CC)CC)C2c2cccc(Br)c2)c1. The smallest absolute Gasteiger partial charge is 0.295 e. The van der Waals surface area contributed by atoms with Crippen molar-refractivity contribution in [2.75, 3.05) is 32.8 Å². The van der Waals surface area contributed by atoms with Gasteiger partial charge < -0.3 is 19.6 Å². The molecule has 0 bridgehead atoms. The van der Waals surface area contributed by atoms with Crippen molar-refractivity contribution < 1.29 is 19.4 Å². The molecule has 33 heavy (non-hydrogen) atoms. The average molecular weight is 515 g/mol. The van der Waals surface area contributed by atoms with Gasteiger partial charge in [0.25, 0.3) is 11.7 Å². The molecule has 0 radical (unpaired) electrons. The Balaban J connectivity index is 2.04. The molecule has 1 amide bonds. The van der Waals surface area contributed by atoms with Crippen LogP contribution in [-0.2, 0) is 9.59 Å². The van der Waals surface area contributed by atoms with Crippen molar-refractivity contribution >= 4 is 33.4 Å². The van der Waals surface area contributed by atoms with Gasteiger partial charge in [-0.1, -0.05) is 54.0 Å². The van der Waals surface area contributed by atoms with Crippen LogP contribution in [0.3, 0.4) is 0 Å². The van der Waals surface area contributed by atoms with Gasteiger partial charge >= 0.3 is 0 Å². The van der Waals surface area contributed by atoms with Crippen molar-refractivity contribution in [2.24, 2.45) is 0 Å². The van der Waals surface area contributed by atoms with Crippen molar-refractivity contribution in [1.29, 1.82) is 0 Å². The molecule has 1 atom stereocenters. The largest absolute Gasteiger partial charge is 0.507 e. The van der Waals surface area contributed by atoms with Gasteiger partial charge in [-0.25, -0.2) is 0 Å². The van der Waals surface area contributed by atoms with Crippen LogP contribution in [-0.4, -0.2) is 59.4 Å². The Hall–Kier alpha value is -2.64. The third-order valence-corrected chi connectivity index (χ3v) is 6.38. The summed E-state index contributed by atoms with van der Waals surface area (Å²) in [6, 6.07) is 13.8. The number of aliphatic hydroxyl groups is 1. The molecule has 1 aliphatic rings. The Bertz CT molecular complexity index is 1030. The third-order valence-electron chi connectivity index (χ3n) is 5.89. The molecule has 1 aliphatic heterocycles. The number of hydrogen-bond donors (Lipinski definition) is 1. The van der Waals surface area contributed by atoms with Gasteiger partial charge in [0.05, 0.1) is 18.2 Å². The number of benzene rings is 2. The highest BCUT2D eigenvalue weighted by Gasteiger charge is 2.45. The standard InChI is InChI=1S/C26H31BrN2O4/c1-4-28(5-2)14-9-15-29-23(18-10-7-12-20(27)16-18)22(25(31)26(29)32)24(30)19-11-8-13-21(17-19)33-6-3/h7-8,10-13,16-17,23,30H,4-6,9,14-15H2,1-3H3/b24-22+. The van der Waals surface area contributed by atoms with Crippen molar-refractivity contribution in [3.63, 3.8) is 0 Å². The lowest BCUT2D eigenvalue weighted by Gasteiger charge is -2.27. The van der Waals surface area contributed by atoms with E-state index in [0.29, 0.717) is 24.5 Å². The van der Waals surface area contributed by atoms with Crippen LogP contribution in [0.15, 0.2) is 58.6 Å². The van der Waals surface area contributed by atoms with Crippen LogP contribution in [0.2, 0.25) is 0 Å². The number of aliphatic hydroxyl groups excluding tert-OH is 1. The maximum absolute atomic E-state index is 13.2. The van der Waals surface area contributed by atoms with E-state index in [9.17, 15) is 14.7 Å². The molecule has 1 fully saturated rings. The first kappa shape index (κ1) is 25.0. The molecule has 0 aromatic heterocycles. The fourth-order valence-electron chi connectivity index (χ4n) is 4.19. The first-order valence-corrected chi connectivity index (χ1v) is 12.2. The Labute approximate surface area is 204 Å². The second-order valence-corrected chi connectivity index (χ2v) is 8.80. The average Bonchev–Trinajstić information content (AvgIpc) is 3.07. The second-order valence-electron chi connectivity index (χ2n) is 7.89. The van der Waals surface area contributed by atoms with Gasteiger partial charge in [0, 0.05) is 16.6 Å². The summed E-state index contributed by atoms with van der Waals surface area (Å²) in [4.78, 5) is 30.1. The summed E-state index contributed by atoms with van der Waals surface area (Å²) in [5.74, 6) is -0.843. The summed E-state index contributed by atoms with van der Waals surface area (Å²) in [6.07, 6.45) is 0.735. The maximum atomic E-state index is 13.2. The molecule has 2 aromatic carbocycles. The fourth-order valence-corrected chi connectivity index (χ4v) is 4.61. The van der Waals surface area contributed by atoms with Gasteiger partial charge in [-0.3, -0.25) is 9.59 Å². The van der Waals surface area contributed by atoms with Crippen LogP contribution in [0.5, 0.6) is 5.75 Å². The normalized spacial score (nSPS) is 17.7. The number of carbonyl (C=O) groups is 2. The lowest BCUT2D eigenvalue weighted by atomic mass is 9.95. The predicted octanol–water partition coefficient (Wildman–Crippen LogP) is 5.00. The number of carbonyl (C=O) groups excluding carboxylic acids is 2. The molecule has 1 unspecified atom stereocenters. The summed E-state index contributed by atoms with van der Waals surface area (Å²) in [5, 5.41) is 11.2. The first-order valence-electron chi connectivity index (χ1n) is 11.4. The number of hydrogen-bond acceptors (Lipinski definition) is 5. The molecule has 176 valence electrons. The summed E-state index contributed by atoms with van der Waals surface area (Å²) in [7, 11) is 0. The van der Waals surface area contributed by atoms with Crippen LogP contribution in [0.25, 0.3) is 5.76 Å². The maximum Gasteiger partial charge on any atom is 0.295 e. The molecular weight excluding hydrogens is 484 g/mol. The molecule has 6 nitrogen and oxygen atoms in total. The topological polar surface area (TPSA) is 70.1 Å². The number of amides is 1. The molecule has 1 heterocycles. The van der Waals surface area contributed by atoms with Crippen molar-refractivity contribution in [3.8, 4) is 5.75 Å². The highest BCUT2D eigenvalue weighted by Crippen LogP contribution is 2.40. The summed E-state index contributed by atoms with van der Waals surface area (Å²) in [6.45, 7) is 9.69. The van der Waals surface area contributed by atoms with E-state index in [1.807, 2.05) is 31.2 Å². The van der Waals surface area contributed by atoms with E-state index in [4.69, 9.17) is 4.74 Å². The van der Waals surface area contributed by atoms with Gasteiger partial charge in [0.1, 0.15) is 11.5 Å². The molecular formula is C26H31BrN2O4. The van der Waals surface area contributed by atoms with E-state index >= 15 is 0 Å². The Kier molecular flexibility index (Phi) is 8.69. The highest BCUT2D eigenvalue weighted by molar-refractivity contribution is 9.10. The van der Waals surface area contributed by atoms with Crippen LogP contribution >= 0.6 is 15.9 Å². The molecule has 7 heteroatoms. The zero-order valence-corrected chi connectivity index (χ0v) is 21.0. The monoisotopic (exact) mass is 514 g/mol. The van der Waals surface area contributed by atoms with Crippen LogP contribution in [0, 0.1) is 0 Å². The first-order chi connectivity index (χ1) is 15.9. The number of Topliss-reactive ketones (excluding diaryl/α,β-unsaturated/α-hetero) is 1. The minimum absolute atomic E-state index is 0.106. The number of ether oxygens (including phenoxy) is 1. The van der Waals surface area contributed by atoms with E-state index in [1.165, 1.54) is 0 Å². The molecule has 0 aliphatic carbocycles. The number of likely N-dealkylation sites (tertiary alicyclic amines) is 1. The van der Waals surface area contributed by atoms with Gasteiger partial charge in [0.15, 0.2) is 0 Å². The van der Waals surface area contributed by atoms with Gasteiger partial charge in [-0.15, -0.1) is 0 Å². The molecule has 0 saturated carbocycles. The summed E-state index contributed by atoms with van der Waals surface area (Å²) < 4.78 is 6.39. The Morgan fingerprint density at radius 3 is 2.48 bits per heavy atom. The number of rotatable bonds is 10. The predicted molar refractivity (Wildman–Crippen MR) is 133 cm³/mol. The third kappa shape index (κ3) is 5.65. The van der Waals surface area contributed by atoms with E-state index in [0.717, 1.165) is 36.1 Å². The zero-order valence-electron chi connectivity index (χ0n) is 19.4. The summed E-state index contributed by atoms with van der Waals surface area (Å²) >= 11 is 3.49. The van der Waals surface area contributed by atoms with Gasteiger partial charge in [-0.2, -0.15) is 0 Å². The fraction of sp³-hybridized carbons (Fsp3) is 0.385. The number of nitrogens with zero attached hydrogens (tertiary/aromatic N) is 2. The van der Waals surface area contributed by atoms with Crippen molar-refractivity contribution in [2.45, 2.75) is 33.2 Å². The number of halogens is 1. The van der Waals surface area contributed by atoms with Crippen LogP contribution < -0.4 is 4.74 Å². The summed E-state index contributed by atoms with van der Waals surface area (Å²) in [5.41, 5.74) is 1.32. The molecule has 0 spiro atoms. The van der Waals surface area contributed by atoms with Gasteiger partial charge in [0.2, 0.25) is 0 Å². The van der Waals surface area contributed by atoms with Crippen molar-refractivity contribution in [1.82, 2.24) is 9.80 Å². The highest BCUT2D eigenvalue weighted by atomic mass is 79.9. The van der Waals surface area contributed by atoms with E-state index in [1.54, 1.807) is 29.2 Å². The van der Waals surface area contributed by atoms with Gasteiger partial charge in [-0.05, 0) is 62.8 Å². The molecule has 1 saturated heterocycles. The molecule has 2 aromatic rings. The molecule has 3 rings (SSSR count). The quantitative estimate of drug-likeness (QED) is 0.274. The molecule has 1 N–H and O–H groups in total. The van der Waals surface area contributed by atoms with Crippen LogP contribution in [0.4, 0.5) is 0 Å². The van der Waals surface area contributed by atoms with E-state index < -0.39 is 17.7 Å². The minimum Gasteiger partial charge on any atom is -0.507 e. The van der Waals surface area contributed by atoms with Crippen LogP contribution in [0.1, 0.15) is 44.4 Å². The lowest BCUT2D eigenvalue weighted by molar-refractivity contribution is -0.140. The number of ketones is 1. The zero-order chi connectivity index (χ0) is 24.0. The minimum atomic E-state index is -0.665. The van der Waals surface area contributed by atoms with E-state index in [-0.39, 0.29) is 11.3 Å². The Morgan fingerprint density at radius 1 is 1.09 bits per heavy atom. The Morgan fingerprint density at radius 2 is 1.82 bits per heavy atom. The van der Waals surface area contributed by atoms with E-state index in [2.05, 4.69) is 34.7 Å². The lowest BCUT2D eigenvalue weighted by Crippen LogP contribution is -2.33. The second kappa shape index (κ2) is 11.5.